The van der Waals surface area contributed by atoms with Crippen molar-refractivity contribution < 1.29 is 21.7 Å². The molecule has 1 aliphatic carbocycles. The third-order valence-corrected chi connectivity index (χ3v) is 2.96. The van der Waals surface area contributed by atoms with Crippen molar-refractivity contribution in [3.8, 4) is 0 Å². The average Bonchev–Trinajstić information content (AvgIpc) is 2.73. The van der Waals surface area contributed by atoms with Crippen molar-refractivity contribution in [1.82, 2.24) is 0 Å². The normalized spacial score (nSPS) is 12.3. The Labute approximate surface area is 169 Å². The average molecular weight is 390 g/mol. The number of hydrogen-bond acceptors (Lipinski definition) is 0. The maximum absolute atomic E-state index is 6.94. The van der Waals surface area contributed by atoms with E-state index in [9.17, 15) is 0 Å². The molecule has 1 aromatic carbocycles. The minimum atomic E-state index is -0.250. The molecular weight excluding hydrogens is 361 g/mol. The van der Waals surface area contributed by atoms with E-state index in [1.165, 1.54) is 28.2 Å². The molecule has 1 aromatic rings. The molecule has 23 heavy (non-hydrogen) atoms. The Morgan fingerprint density at radius 3 is 1.91 bits per heavy atom. The van der Waals surface area contributed by atoms with Crippen LogP contribution in [0.1, 0.15) is 59.1 Å². The summed E-state index contributed by atoms with van der Waals surface area (Å²) in [4.78, 5) is 0. The number of benzene rings is 1. The van der Waals surface area contributed by atoms with Crippen LogP contribution >= 0.6 is 24.8 Å². The van der Waals surface area contributed by atoms with Crippen molar-refractivity contribution in [2.75, 3.05) is 0 Å². The van der Waals surface area contributed by atoms with Gasteiger partial charge in [-0.05, 0) is 13.3 Å². The predicted octanol–water partition coefficient (Wildman–Crippen LogP) is 7.06. The molecule has 1 nitrogen and oxygen atoms in total. The first-order chi connectivity index (χ1) is 9.20. The predicted molar refractivity (Wildman–Crippen MR) is 105 cm³/mol. The van der Waals surface area contributed by atoms with Crippen molar-refractivity contribution >= 4 is 30.4 Å². The summed E-state index contributed by atoms with van der Waals surface area (Å²) in [6.07, 6.45) is 5.54. The van der Waals surface area contributed by atoms with Gasteiger partial charge in [0.25, 0.3) is 0 Å². The topological polar surface area (TPSA) is 23.8 Å². The molecule has 0 saturated carbocycles. The standard InChI is InChI=1S/C15H17.C4H10N.2ClH.Ti/c1-11(2)13-8-4-5-9-15(13)14-10-6-7-12(14)3;1-4(2,3)5;;;/h4-9H,10H2,1-3H3;5H,1-3H3;2*1H;/q2*-1;;;+2. The zero-order valence-electron chi connectivity index (χ0n) is 15.0. The number of allylic oxidation sites excluding steroid dienone is 4. The molecule has 0 fully saturated rings. The molecule has 0 amide bonds. The van der Waals surface area contributed by atoms with Gasteiger partial charge in [-0.3, -0.25) is 0 Å². The zero-order chi connectivity index (χ0) is 15.3. The Kier molecular flexibility index (Phi) is 14.7. The third kappa shape index (κ3) is 10.3. The van der Waals surface area contributed by atoms with Crippen LogP contribution in [0, 0.1) is 5.92 Å². The quantitative estimate of drug-likeness (QED) is 0.381. The van der Waals surface area contributed by atoms with Gasteiger partial charge in [0, 0.05) is 0 Å². The summed E-state index contributed by atoms with van der Waals surface area (Å²) < 4.78 is 0. The summed E-state index contributed by atoms with van der Waals surface area (Å²) in [6.45, 7) is 12.1. The fourth-order valence-corrected chi connectivity index (χ4v) is 2.12. The molecule has 0 atom stereocenters. The molecular formula is C19H29Cl2NTi. The smallest absolute Gasteiger partial charge is 0.673 e. The summed E-state index contributed by atoms with van der Waals surface area (Å²) in [5.41, 5.74) is 12.4. The second kappa shape index (κ2) is 12.2. The fraction of sp³-hybridized carbons (Fsp3) is 0.421. The molecule has 0 saturated heterocycles. The van der Waals surface area contributed by atoms with E-state index in [1.54, 1.807) is 0 Å². The van der Waals surface area contributed by atoms with Gasteiger partial charge in [0.2, 0.25) is 0 Å². The van der Waals surface area contributed by atoms with Crippen LogP contribution in [-0.2, 0) is 21.7 Å². The Balaban J connectivity index is -0.000000444. The SMILES string of the molecule is CC(C)(C)[NH-].CC1=C(c2ccccc2[C-](C)C)CC=C1.Cl.Cl.[Ti+2]. The summed E-state index contributed by atoms with van der Waals surface area (Å²) in [7, 11) is 0. The molecule has 0 radical (unpaired) electrons. The molecule has 2 rings (SSSR count). The van der Waals surface area contributed by atoms with Gasteiger partial charge in [-0.25, -0.2) is 0 Å². The van der Waals surface area contributed by atoms with E-state index in [0.717, 1.165) is 6.42 Å². The molecule has 128 valence electrons. The van der Waals surface area contributed by atoms with Crippen LogP contribution in [0.5, 0.6) is 0 Å². The Bertz CT molecular complexity index is 508. The van der Waals surface area contributed by atoms with Gasteiger partial charge in [-0.2, -0.15) is 17.5 Å². The van der Waals surface area contributed by atoms with Crippen LogP contribution in [0.3, 0.4) is 0 Å². The largest absolute Gasteiger partial charge is 2.00 e. The Morgan fingerprint density at radius 2 is 1.52 bits per heavy atom. The molecule has 1 aliphatic rings. The first-order valence-electron chi connectivity index (χ1n) is 7.21. The second-order valence-electron chi connectivity index (χ2n) is 6.56. The maximum atomic E-state index is 6.94. The second-order valence-corrected chi connectivity index (χ2v) is 6.56. The molecule has 0 bridgehead atoms. The van der Waals surface area contributed by atoms with Crippen LogP contribution in [0.4, 0.5) is 0 Å². The Hall–Kier alpha value is -0.176. The van der Waals surface area contributed by atoms with Crippen molar-refractivity contribution in [1.29, 1.82) is 0 Å². The van der Waals surface area contributed by atoms with Crippen LogP contribution in [0.15, 0.2) is 42.0 Å². The van der Waals surface area contributed by atoms with Gasteiger partial charge in [-0.1, -0.05) is 64.0 Å². The molecule has 0 aromatic heterocycles. The van der Waals surface area contributed by atoms with Crippen molar-refractivity contribution in [2.24, 2.45) is 0 Å². The van der Waals surface area contributed by atoms with E-state index >= 15 is 0 Å². The van der Waals surface area contributed by atoms with Gasteiger partial charge in [0.05, 0.1) is 0 Å². The number of hydrogen-bond donors (Lipinski definition) is 0. The maximum Gasteiger partial charge on any atom is 2.00 e. The minimum absolute atomic E-state index is 0. The fourth-order valence-electron chi connectivity index (χ4n) is 2.12. The third-order valence-electron chi connectivity index (χ3n) is 2.96. The van der Waals surface area contributed by atoms with E-state index in [2.05, 4.69) is 57.2 Å². The number of nitrogens with one attached hydrogen (secondary N) is 1. The van der Waals surface area contributed by atoms with E-state index < -0.39 is 0 Å². The summed E-state index contributed by atoms with van der Waals surface area (Å²) in [5, 5.41) is 0. The van der Waals surface area contributed by atoms with Gasteiger partial charge >= 0.3 is 21.7 Å². The molecule has 0 aliphatic heterocycles. The minimum Gasteiger partial charge on any atom is -0.673 e. The number of rotatable bonds is 2. The van der Waals surface area contributed by atoms with Crippen molar-refractivity contribution in [3.63, 3.8) is 0 Å². The van der Waals surface area contributed by atoms with Crippen molar-refractivity contribution in [3.05, 3.63) is 64.8 Å². The van der Waals surface area contributed by atoms with Crippen LogP contribution < -0.4 is 0 Å². The van der Waals surface area contributed by atoms with Gasteiger partial charge < -0.3 is 5.73 Å². The monoisotopic (exact) mass is 389 g/mol. The van der Waals surface area contributed by atoms with Crippen LogP contribution in [0.25, 0.3) is 11.3 Å². The van der Waals surface area contributed by atoms with E-state index in [1.807, 2.05) is 20.8 Å². The summed E-state index contributed by atoms with van der Waals surface area (Å²) >= 11 is 0. The van der Waals surface area contributed by atoms with E-state index in [4.69, 9.17) is 5.73 Å². The van der Waals surface area contributed by atoms with Gasteiger partial charge in [-0.15, -0.1) is 48.0 Å². The van der Waals surface area contributed by atoms with E-state index in [-0.39, 0.29) is 52.1 Å². The van der Waals surface area contributed by atoms with Crippen LogP contribution in [0.2, 0.25) is 0 Å². The molecule has 0 unspecified atom stereocenters. The Morgan fingerprint density at radius 1 is 1.04 bits per heavy atom. The first-order valence-corrected chi connectivity index (χ1v) is 7.21. The molecule has 0 heterocycles. The van der Waals surface area contributed by atoms with Crippen molar-refractivity contribution in [2.45, 2.75) is 53.5 Å². The van der Waals surface area contributed by atoms with Gasteiger partial charge in [0.1, 0.15) is 0 Å². The van der Waals surface area contributed by atoms with E-state index in [0.29, 0.717) is 0 Å². The molecule has 0 spiro atoms. The summed E-state index contributed by atoms with van der Waals surface area (Å²) in [6, 6.07) is 8.68. The van der Waals surface area contributed by atoms with Crippen LogP contribution in [-0.4, -0.2) is 5.54 Å². The molecule has 4 heteroatoms. The summed E-state index contributed by atoms with van der Waals surface area (Å²) in [5.74, 6) is 1.39. The zero-order valence-corrected chi connectivity index (χ0v) is 18.2. The first kappa shape index (κ1) is 27.7. The molecule has 1 N–H and O–H groups in total. The number of halogens is 2. The van der Waals surface area contributed by atoms with Gasteiger partial charge in [0.15, 0.2) is 0 Å².